The Morgan fingerprint density at radius 1 is 1.19 bits per heavy atom. The summed E-state index contributed by atoms with van der Waals surface area (Å²) in [5, 5.41) is 0.535. The fourth-order valence-electron chi connectivity index (χ4n) is 3.08. The van der Waals surface area contributed by atoms with Crippen LogP contribution < -0.4 is 11.2 Å². The lowest BCUT2D eigenvalue weighted by Crippen LogP contribution is -2.15. The van der Waals surface area contributed by atoms with Gasteiger partial charge in [0.25, 0.3) is 0 Å². The van der Waals surface area contributed by atoms with E-state index in [2.05, 4.69) is 15.0 Å². The number of amidine groups is 1. The molecule has 0 fully saturated rings. The standard InChI is InChI=1S/C21H20N4O2/c1-11(2)23-20(22)13-4-6-16-17(10-13)25-21(24-16)14-5-7-19-15(9-14)18(26)8-12(3)27-19/h4-11H,1-3H3,(H2,22,23)(H,24,25). The van der Waals surface area contributed by atoms with E-state index in [-0.39, 0.29) is 11.5 Å². The summed E-state index contributed by atoms with van der Waals surface area (Å²) in [6, 6.07) is 12.9. The molecule has 0 bridgehead atoms. The van der Waals surface area contributed by atoms with E-state index in [1.807, 2.05) is 38.1 Å². The Kier molecular flexibility index (Phi) is 4.03. The lowest BCUT2D eigenvalue weighted by molar-refractivity contribution is 0.565. The number of nitrogens with two attached hydrogens (primary N) is 1. The minimum atomic E-state index is -0.0633. The maximum absolute atomic E-state index is 12.2. The third-order valence-electron chi connectivity index (χ3n) is 4.30. The Morgan fingerprint density at radius 2 is 2.00 bits per heavy atom. The molecule has 4 rings (SSSR count). The average molecular weight is 360 g/mol. The first kappa shape index (κ1) is 17.0. The molecule has 136 valence electrons. The summed E-state index contributed by atoms with van der Waals surface area (Å²) >= 11 is 0. The molecule has 0 aliphatic carbocycles. The predicted octanol–water partition coefficient (Wildman–Crippen LogP) is 3.76. The number of nitrogens with one attached hydrogen (secondary N) is 1. The summed E-state index contributed by atoms with van der Waals surface area (Å²) in [7, 11) is 0. The van der Waals surface area contributed by atoms with E-state index in [1.165, 1.54) is 6.07 Å². The Morgan fingerprint density at radius 3 is 2.78 bits per heavy atom. The largest absolute Gasteiger partial charge is 0.461 e. The van der Waals surface area contributed by atoms with Crippen LogP contribution in [0.15, 0.2) is 56.7 Å². The zero-order chi connectivity index (χ0) is 19.1. The molecule has 4 aromatic rings. The molecule has 0 spiro atoms. The van der Waals surface area contributed by atoms with Gasteiger partial charge in [0, 0.05) is 23.2 Å². The van der Waals surface area contributed by atoms with Crippen LogP contribution in [0.5, 0.6) is 0 Å². The van der Waals surface area contributed by atoms with Crippen LogP contribution in [0.3, 0.4) is 0 Å². The highest BCUT2D eigenvalue weighted by atomic mass is 16.3. The average Bonchev–Trinajstić information content (AvgIpc) is 3.04. The molecule has 0 saturated carbocycles. The van der Waals surface area contributed by atoms with Gasteiger partial charge in [0.15, 0.2) is 5.43 Å². The summed E-state index contributed by atoms with van der Waals surface area (Å²) in [6.07, 6.45) is 0. The van der Waals surface area contributed by atoms with Gasteiger partial charge in [0.2, 0.25) is 0 Å². The number of aryl methyl sites for hydroxylation is 1. The minimum Gasteiger partial charge on any atom is -0.461 e. The molecule has 0 aliphatic rings. The molecular weight excluding hydrogens is 340 g/mol. The van der Waals surface area contributed by atoms with Gasteiger partial charge in [-0.1, -0.05) is 0 Å². The number of aromatic amines is 1. The van der Waals surface area contributed by atoms with Gasteiger partial charge in [-0.05, 0) is 57.2 Å². The zero-order valence-electron chi connectivity index (χ0n) is 15.4. The normalized spacial score (nSPS) is 12.4. The molecule has 0 atom stereocenters. The van der Waals surface area contributed by atoms with Crippen molar-refractivity contribution in [2.24, 2.45) is 10.7 Å². The number of rotatable bonds is 3. The number of H-pyrrole nitrogens is 1. The number of imidazole rings is 1. The summed E-state index contributed by atoms with van der Waals surface area (Å²) < 4.78 is 5.61. The quantitative estimate of drug-likeness (QED) is 0.429. The smallest absolute Gasteiger partial charge is 0.192 e. The van der Waals surface area contributed by atoms with Gasteiger partial charge in [-0.3, -0.25) is 9.79 Å². The first-order valence-electron chi connectivity index (χ1n) is 8.79. The van der Waals surface area contributed by atoms with Crippen LogP contribution in [0.2, 0.25) is 0 Å². The second-order valence-electron chi connectivity index (χ2n) is 6.86. The highest BCUT2D eigenvalue weighted by Gasteiger charge is 2.10. The van der Waals surface area contributed by atoms with Crippen molar-refractivity contribution in [3.63, 3.8) is 0 Å². The molecule has 0 aliphatic heterocycles. The Bertz CT molecular complexity index is 1250. The van der Waals surface area contributed by atoms with Gasteiger partial charge in [-0.2, -0.15) is 0 Å². The van der Waals surface area contributed by atoms with Crippen LogP contribution in [0, 0.1) is 6.92 Å². The van der Waals surface area contributed by atoms with Crippen LogP contribution in [-0.4, -0.2) is 21.8 Å². The van der Waals surface area contributed by atoms with Crippen molar-refractivity contribution in [1.29, 1.82) is 0 Å². The number of nitrogens with zero attached hydrogens (tertiary/aromatic N) is 2. The predicted molar refractivity (Wildman–Crippen MR) is 108 cm³/mol. The van der Waals surface area contributed by atoms with Crippen molar-refractivity contribution < 1.29 is 4.42 Å². The van der Waals surface area contributed by atoms with Gasteiger partial charge >= 0.3 is 0 Å². The highest BCUT2D eigenvalue weighted by molar-refractivity contribution is 6.00. The van der Waals surface area contributed by atoms with Crippen molar-refractivity contribution in [1.82, 2.24) is 9.97 Å². The molecule has 27 heavy (non-hydrogen) atoms. The molecule has 3 N–H and O–H groups in total. The van der Waals surface area contributed by atoms with Crippen LogP contribution in [0.25, 0.3) is 33.4 Å². The van der Waals surface area contributed by atoms with E-state index < -0.39 is 0 Å². The van der Waals surface area contributed by atoms with Gasteiger partial charge in [-0.15, -0.1) is 0 Å². The first-order chi connectivity index (χ1) is 12.9. The van der Waals surface area contributed by atoms with Crippen molar-refractivity contribution in [2.75, 3.05) is 0 Å². The maximum atomic E-state index is 12.2. The Balaban J connectivity index is 1.80. The van der Waals surface area contributed by atoms with Crippen LogP contribution in [-0.2, 0) is 0 Å². The van der Waals surface area contributed by atoms with E-state index in [4.69, 9.17) is 10.2 Å². The number of hydrogen-bond donors (Lipinski definition) is 2. The number of aromatic nitrogens is 2. The second kappa shape index (κ2) is 6.39. The summed E-state index contributed by atoms with van der Waals surface area (Å²) in [4.78, 5) is 24.6. The van der Waals surface area contributed by atoms with Crippen molar-refractivity contribution in [3.8, 4) is 11.4 Å². The van der Waals surface area contributed by atoms with Gasteiger partial charge in [0.05, 0.1) is 16.4 Å². The first-order valence-corrected chi connectivity index (χ1v) is 8.79. The Labute approximate surface area is 155 Å². The van der Waals surface area contributed by atoms with Gasteiger partial charge in [-0.25, -0.2) is 4.98 Å². The number of fused-ring (bicyclic) bond motifs is 2. The third kappa shape index (κ3) is 3.21. The van der Waals surface area contributed by atoms with E-state index in [0.29, 0.717) is 28.4 Å². The highest BCUT2D eigenvalue weighted by Crippen LogP contribution is 2.24. The topological polar surface area (TPSA) is 97.3 Å². The lowest BCUT2D eigenvalue weighted by Gasteiger charge is -2.03. The van der Waals surface area contributed by atoms with E-state index in [9.17, 15) is 4.79 Å². The molecule has 0 radical (unpaired) electrons. The molecule has 0 unspecified atom stereocenters. The SMILES string of the molecule is Cc1cc(=O)c2cc(-c3nc4ccc(C(N)=NC(C)C)cc4[nH]3)ccc2o1. The second-order valence-corrected chi connectivity index (χ2v) is 6.86. The molecule has 6 nitrogen and oxygen atoms in total. The summed E-state index contributed by atoms with van der Waals surface area (Å²) in [5.74, 6) is 1.78. The summed E-state index contributed by atoms with van der Waals surface area (Å²) in [6.45, 7) is 5.73. The van der Waals surface area contributed by atoms with Gasteiger partial charge < -0.3 is 15.1 Å². The van der Waals surface area contributed by atoms with Crippen molar-refractivity contribution in [2.45, 2.75) is 26.8 Å². The summed E-state index contributed by atoms with van der Waals surface area (Å²) in [5.41, 5.74) is 9.92. The van der Waals surface area contributed by atoms with E-state index >= 15 is 0 Å². The molecule has 0 saturated heterocycles. The maximum Gasteiger partial charge on any atom is 0.192 e. The van der Waals surface area contributed by atoms with Crippen molar-refractivity contribution >= 4 is 27.8 Å². The molecule has 6 heteroatoms. The number of hydrogen-bond acceptors (Lipinski definition) is 4. The molecule has 2 heterocycles. The fourth-order valence-corrected chi connectivity index (χ4v) is 3.08. The number of aliphatic imine (C=N–C) groups is 1. The molecular formula is C21H20N4O2. The monoisotopic (exact) mass is 360 g/mol. The number of benzene rings is 2. The molecule has 2 aromatic carbocycles. The molecule has 2 aromatic heterocycles. The minimum absolute atomic E-state index is 0.0633. The third-order valence-corrected chi connectivity index (χ3v) is 4.30. The van der Waals surface area contributed by atoms with Crippen LogP contribution >= 0.6 is 0 Å². The van der Waals surface area contributed by atoms with Crippen LogP contribution in [0.1, 0.15) is 25.2 Å². The van der Waals surface area contributed by atoms with E-state index in [0.717, 1.165) is 22.2 Å². The fraction of sp³-hybridized carbons (Fsp3) is 0.190. The zero-order valence-corrected chi connectivity index (χ0v) is 15.4. The van der Waals surface area contributed by atoms with E-state index in [1.54, 1.807) is 19.1 Å². The van der Waals surface area contributed by atoms with Crippen molar-refractivity contribution in [3.05, 3.63) is 64.0 Å². The molecule has 0 amide bonds. The van der Waals surface area contributed by atoms with Gasteiger partial charge in [0.1, 0.15) is 23.0 Å². The lowest BCUT2D eigenvalue weighted by atomic mass is 10.1. The Hall–Kier alpha value is -3.41. The van der Waals surface area contributed by atoms with Crippen LogP contribution in [0.4, 0.5) is 0 Å².